The van der Waals surface area contributed by atoms with Gasteiger partial charge >= 0.3 is 0 Å². The van der Waals surface area contributed by atoms with E-state index in [0.717, 1.165) is 22.9 Å². The minimum absolute atomic E-state index is 0.0316. The Morgan fingerprint density at radius 2 is 1.87 bits per heavy atom. The quantitative estimate of drug-likeness (QED) is 0.364. The molecule has 5 aliphatic rings. The minimum Gasteiger partial charge on any atom is -0.390 e. The Kier molecular flexibility index (Phi) is 7.62. The molecule has 244 valence electrons. The number of anilines is 1. The van der Waals surface area contributed by atoms with Gasteiger partial charge in [0.15, 0.2) is 23.3 Å². The van der Waals surface area contributed by atoms with Gasteiger partial charge in [-0.05, 0) is 79.5 Å². The summed E-state index contributed by atoms with van der Waals surface area (Å²) < 4.78 is 60.3. The number of hydrogen-bond acceptors (Lipinski definition) is 7. The van der Waals surface area contributed by atoms with Crippen LogP contribution >= 0.6 is 11.8 Å². The zero-order chi connectivity index (χ0) is 32.6. The summed E-state index contributed by atoms with van der Waals surface area (Å²) in [5, 5.41) is 14.3. The van der Waals surface area contributed by atoms with Gasteiger partial charge < -0.3 is 19.9 Å². The summed E-state index contributed by atoms with van der Waals surface area (Å²) in [6, 6.07) is 14.8. The van der Waals surface area contributed by atoms with E-state index in [2.05, 4.69) is 17.4 Å². The lowest BCUT2D eigenvalue weighted by Crippen LogP contribution is -2.70. The van der Waals surface area contributed by atoms with Crippen LogP contribution in [0, 0.1) is 22.7 Å². The number of hydrogen-bond donors (Lipinski definition) is 2. The Morgan fingerprint density at radius 3 is 2.59 bits per heavy atom. The highest BCUT2D eigenvalue weighted by Gasteiger charge is 2.80. The average Bonchev–Trinajstić information content (AvgIpc) is 3.54. The molecule has 0 spiro atoms. The van der Waals surface area contributed by atoms with E-state index in [1.807, 2.05) is 43.4 Å². The van der Waals surface area contributed by atoms with Crippen LogP contribution in [0.4, 0.5) is 18.9 Å². The first-order valence-electron chi connectivity index (χ1n) is 15.8. The maximum atomic E-state index is 17.6. The monoisotopic (exact) mass is 653 g/mol. The first kappa shape index (κ1) is 31.7. The number of nitrogens with one attached hydrogen (secondary N) is 1. The van der Waals surface area contributed by atoms with Gasteiger partial charge in [-0.25, -0.2) is 13.2 Å². The summed E-state index contributed by atoms with van der Waals surface area (Å²) in [6.07, 6.45) is -0.805. The van der Waals surface area contributed by atoms with Crippen molar-refractivity contribution in [2.75, 3.05) is 18.4 Å². The topological polar surface area (TPSA) is 84.9 Å². The van der Waals surface area contributed by atoms with Gasteiger partial charge in [0, 0.05) is 35.0 Å². The lowest BCUT2D eigenvalue weighted by atomic mass is 9.44. The van der Waals surface area contributed by atoms with Gasteiger partial charge in [0.2, 0.25) is 5.12 Å². The van der Waals surface area contributed by atoms with Crippen LogP contribution in [0.25, 0.3) is 0 Å². The molecular weight excluding hydrogens is 615 g/mol. The third kappa shape index (κ3) is 4.29. The third-order valence-corrected chi connectivity index (χ3v) is 12.4. The van der Waals surface area contributed by atoms with Crippen LogP contribution in [0.15, 0.2) is 72.3 Å². The molecule has 10 heteroatoms. The summed E-state index contributed by atoms with van der Waals surface area (Å²) in [5.41, 5.74) is -2.79. The Hall–Kier alpha value is -2.92. The maximum absolute atomic E-state index is 17.6. The Morgan fingerprint density at radius 1 is 1.11 bits per heavy atom. The van der Waals surface area contributed by atoms with Crippen LogP contribution < -0.4 is 5.32 Å². The van der Waals surface area contributed by atoms with Crippen LogP contribution in [-0.2, 0) is 25.5 Å². The molecular formula is C36H38F3NO5S. The fraction of sp³-hybridized carbons (Fsp3) is 0.500. The Labute approximate surface area is 270 Å². The number of fused-ring (bicyclic) bond motifs is 7. The van der Waals surface area contributed by atoms with Crippen LogP contribution in [0.3, 0.4) is 0 Å². The molecule has 0 radical (unpaired) electrons. The second-order valence-electron chi connectivity index (χ2n) is 13.8. The van der Waals surface area contributed by atoms with Gasteiger partial charge in [-0.3, -0.25) is 9.59 Å². The fourth-order valence-electron chi connectivity index (χ4n) is 9.47. The number of ether oxygens (including phenoxy) is 2. The summed E-state index contributed by atoms with van der Waals surface area (Å²) in [6.45, 7) is 3.30. The summed E-state index contributed by atoms with van der Waals surface area (Å²) in [7, 11) is 1.87. The van der Waals surface area contributed by atoms with E-state index >= 15 is 8.78 Å². The molecule has 1 heterocycles. The molecule has 3 saturated carbocycles. The second-order valence-corrected chi connectivity index (χ2v) is 14.7. The van der Waals surface area contributed by atoms with Crippen molar-refractivity contribution in [3.05, 3.63) is 89.0 Å². The molecule has 2 aromatic rings. The number of halogens is 3. The maximum Gasteiger partial charge on any atom is 0.226 e. The van der Waals surface area contributed by atoms with Gasteiger partial charge in [-0.2, -0.15) is 0 Å². The van der Waals surface area contributed by atoms with E-state index < -0.39 is 75.5 Å². The fourth-order valence-corrected chi connectivity index (χ4v) is 10.2. The summed E-state index contributed by atoms with van der Waals surface area (Å²) >= 11 is 0.479. The van der Waals surface area contributed by atoms with Crippen molar-refractivity contribution in [1.82, 2.24) is 0 Å². The van der Waals surface area contributed by atoms with Crippen molar-refractivity contribution in [3.63, 3.8) is 0 Å². The first-order chi connectivity index (χ1) is 21.9. The molecule has 2 N–H and O–H groups in total. The number of allylic oxidation sites excluding steroid dienone is 4. The second kappa shape index (κ2) is 11.1. The van der Waals surface area contributed by atoms with E-state index in [0.29, 0.717) is 23.7 Å². The molecule has 0 amide bonds. The molecule has 1 saturated heterocycles. The predicted octanol–water partition coefficient (Wildman–Crippen LogP) is 6.59. The number of ketones is 1. The molecule has 0 aromatic heterocycles. The molecule has 4 fully saturated rings. The number of rotatable bonds is 6. The minimum atomic E-state index is -2.30. The number of benzene rings is 2. The number of alkyl halides is 3. The lowest BCUT2D eigenvalue weighted by molar-refractivity contribution is -0.232. The highest BCUT2D eigenvalue weighted by Crippen LogP contribution is 2.73. The van der Waals surface area contributed by atoms with E-state index in [1.54, 1.807) is 6.92 Å². The van der Waals surface area contributed by atoms with Crippen LogP contribution in [0.2, 0.25) is 0 Å². The molecule has 7 rings (SSSR count). The van der Waals surface area contributed by atoms with Crippen molar-refractivity contribution in [2.24, 2.45) is 22.7 Å². The largest absolute Gasteiger partial charge is 0.390 e. The van der Waals surface area contributed by atoms with Gasteiger partial charge in [0.1, 0.15) is 12.2 Å². The SMILES string of the molecule is CNc1cccc(Cc2ccc([C@@H]3O[C@@H]4CC5C6C[C@H](F)C7=CC(=O)C=CC7(C)[C@@]6(F)C(O)CC5(C)C4(C(=O)SCF)O3)cc2)c1. The Bertz CT molecular complexity index is 1630. The normalized spacial score (nSPS) is 40.8. The van der Waals surface area contributed by atoms with Crippen molar-refractivity contribution >= 4 is 28.3 Å². The molecule has 46 heavy (non-hydrogen) atoms. The molecule has 4 aliphatic carbocycles. The van der Waals surface area contributed by atoms with E-state index in [9.17, 15) is 19.1 Å². The van der Waals surface area contributed by atoms with E-state index in [1.165, 1.54) is 19.1 Å². The molecule has 1 aliphatic heterocycles. The first-order valence-corrected chi connectivity index (χ1v) is 16.8. The number of carbonyl (C=O) groups is 2. The molecule has 0 bridgehead atoms. The molecule has 6 nitrogen and oxygen atoms in total. The third-order valence-electron chi connectivity index (χ3n) is 11.7. The lowest BCUT2D eigenvalue weighted by Gasteiger charge is -2.63. The van der Waals surface area contributed by atoms with E-state index in [4.69, 9.17) is 9.47 Å². The zero-order valence-electron chi connectivity index (χ0n) is 26.0. The highest BCUT2D eigenvalue weighted by molar-refractivity contribution is 8.13. The van der Waals surface area contributed by atoms with Crippen LogP contribution in [-0.4, -0.2) is 58.7 Å². The number of carbonyl (C=O) groups excluding carboxylic acids is 2. The Balaban J connectivity index is 1.21. The van der Waals surface area contributed by atoms with E-state index in [-0.39, 0.29) is 24.8 Å². The van der Waals surface area contributed by atoms with Crippen LogP contribution in [0.1, 0.15) is 56.1 Å². The summed E-state index contributed by atoms with van der Waals surface area (Å²) in [4.78, 5) is 26.1. The van der Waals surface area contributed by atoms with Gasteiger partial charge in [0.05, 0.1) is 12.2 Å². The van der Waals surface area contributed by atoms with Crippen molar-refractivity contribution in [3.8, 4) is 0 Å². The van der Waals surface area contributed by atoms with Gasteiger partial charge in [-0.1, -0.05) is 61.2 Å². The van der Waals surface area contributed by atoms with Crippen molar-refractivity contribution in [1.29, 1.82) is 0 Å². The predicted molar refractivity (Wildman–Crippen MR) is 169 cm³/mol. The standard InChI is InChI=1S/C36H38F3NO5S/c1-33-12-11-24(41)15-27(33)28(38)16-26-25-17-30-36(32(43)46-19-37,34(25,2)18-29(42)35(26,33)39)45-31(44-30)22-9-7-20(8-10-22)13-21-5-4-6-23(14-21)40-3/h4-12,14-15,25-26,28-31,40,42H,13,16-19H2,1-3H3/t25?,26?,28-,29?,30+,31+,33?,34?,35-,36?/m0/s1. The highest BCUT2D eigenvalue weighted by atomic mass is 32.2. The van der Waals surface area contributed by atoms with Gasteiger partial charge in [-0.15, -0.1) is 0 Å². The van der Waals surface area contributed by atoms with Crippen molar-refractivity contribution < 1.29 is 37.3 Å². The van der Waals surface area contributed by atoms with Crippen LogP contribution in [0.5, 0.6) is 0 Å². The smallest absolute Gasteiger partial charge is 0.226 e. The number of aliphatic hydroxyl groups excluding tert-OH is 1. The molecule has 6 unspecified atom stereocenters. The zero-order valence-corrected chi connectivity index (χ0v) is 26.8. The molecule has 2 aromatic carbocycles. The average molecular weight is 654 g/mol. The summed E-state index contributed by atoms with van der Waals surface area (Å²) in [5.74, 6) is -2.04. The number of thioether (sulfide) groups is 1. The molecule has 10 atom stereocenters. The van der Waals surface area contributed by atoms with Gasteiger partial charge in [0.25, 0.3) is 0 Å². The number of aliphatic hydroxyl groups is 1. The van der Waals surface area contributed by atoms with Crippen molar-refractivity contribution in [2.45, 2.75) is 75.5 Å².